The Kier molecular flexibility index (Phi) is 4.57. The lowest BCUT2D eigenvalue weighted by Crippen LogP contribution is -2.43. The number of amides is 1. The lowest BCUT2D eigenvalue weighted by molar-refractivity contribution is -0.141. The quantitative estimate of drug-likeness (QED) is 0.919. The Labute approximate surface area is 143 Å². The van der Waals surface area contributed by atoms with Crippen molar-refractivity contribution in [3.63, 3.8) is 0 Å². The minimum atomic E-state index is -0.189. The van der Waals surface area contributed by atoms with Gasteiger partial charge in [0.25, 0.3) is 0 Å². The minimum Gasteiger partial charge on any atom is -0.366 e. The standard InChI is InChI=1S/C18H28N4O2/c1-2-16-19-17(21-20-16)15-11-22(8-9-24-15)18(23)14-10-13(14)12-6-4-3-5-7-12/h12-15H,2-11H2,1H3,(H,19,20,21)/t13-,14-,15+/m1/s1. The van der Waals surface area contributed by atoms with E-state index in [0.717, 1.165) is 24.6 Å². The number of aromatic nitrogens is 3. The van der Waals surface area contributed by atoms with Gasteiger partial charge in [-0.15, -0.1) is 0 Å². The van der Waals surface area contributed by atoms with Crippen LogP contribution in [0.4, 0.5) is 0 Å². The van der Waals surface area contributed by atoms with Crippen molar-refractivity contribution in [1.82, 2.24) is 20.1 Å². The third-order valence-electron chi connectivity index (χ3n) is 5.96. The van der Waals surface area contributed by atoms with Crippen molar-refractivity contribution in [3.8, 4) is 0 Å². The van der Waals surface area contributed by atoms with Crippen molar-refractivity contribution in [2.75, 3.05) is 19.7 Å². The molecule has 2 saturated carbocycles. The van der Waals surface area contributed by atoms with Crippen LogP contribution >= 0.6 is 0 Å². The SMILES string of the molecule is CCc1nc([C@@H]2CN(C(=O)[C@@H]3C[C@@H]3C3CCCCC3)CCO2)n[nH]1. The van der Waals surface area contributed by atoms with Gasteiger partial charge in [-0.05, 0) is 18.3 Å². The molecule has 2 heterocycles. The second-order valence-electron chi connectivity index (χ2n) is 7.54. The number of hydrogen-bond acceptors (Lipinski definition) is 4. The number of hydrogen-bond donors (Lipinski definition) is 1. The predicted octanol–water partition coefficient (Wildman–Crippen LogP) is 2.48. The number of nitrogens with zero attached hydrogens (tertiary/aromatic N) is 3. The molecule has 1 saturated heterocycles. The van der Waals surface area contributed by atoms with Crippen LogP contribution in [0.3, 0.4) is 0 Å². The normalized spacial score (nSPS) is 31.2. The Bertz CT molecular complexity index is 581. The number of ether oxygens (including phenoxy) is 1. The van der Waals surface area contributed by atoms with Crippen molar-refractivity contribution in [2.24, 2.45) is 17.8 Å². The number of carbonyl (C=O) groups excluding carboxylic acids is 1. The van der Waals surface area contributed by atoms with Gasteiger partial charge in [0, 0.05) is 18.9 Å². The minimum absolute atomic E-state index is 0.189. The number of morpholine rings is 1. The van der Waals surface area contributed by atoms with Crippen LogP contribution in [0.25, 0.3) is 0 Å². The summed E-state index contributed by atoms with van der Waals surface area (Å²) in [5.74, 6) is 3.61. The molecule has 1 amide bonds. The number of aromatic amines is 1. The molecule has 1 aromatic rings. The van der Waals surface area contributed by atoms with Crippen molar-refractivity contribution >= 4 is 5.91 Å². The van der Waals surface area contributed by atoms with E-state index in [4.69, 9.17) is 4.74 Å². The maximum absolute atomic E-state index is 12.9. The highest BCUT2D eigenvalue weighted by Gasteiger charge is 2.49. The van der Waals surface area contributed by atoms with E-state index in [9.17, 15) is 4.79 Å². The Morgan fingerprint density at radius 3 is 2.92 bits per heavy atom. The molecule has 0 bridgehead atoms. The molecular weight excluding hydrogens is 304 g/mol. The summed E-state index contributed by atoms with van der Waals surface area (Å²) in [5.41, 5.74) is 0. The fourth-order valence-corrected chi connectivity index (χ4v) is 4.43. The smallest absolute Gasteiger partial charge is 0.226 e. The summed E-state index contributed by atoms with van der Waals surface area (Å²) in [7, 11) is 0. The van der Waals surface area contributed by atoms with Crippen LogP contribution < -0.4 is 0 Å². The molecule has 3 fully saturated rings. The fourth-order valence-electron chi connectivity index (χ4n) is 4.43. The molecule has 6 nitrogen and oxygen atoms in total. The van der Waals surface area contributed by atoms with Gasteiger partial charge in [-0.1, -0.05) is 39.0 Å². The average molecular weight is 332 g/mol. The van der Waals surface area contributed by atoms with Crippen LogP contribution in [-0.2, 0) is 16.0 Å². The van der Waals surface area contributed by atoms with E-state index < -0.39 is 0 Å². The van der Waals surface area contributed by atoms with E-state index in [2.05, 4.69) is 15.2 Å². The van der Waals surface area contributed by atoms with Gasteiger partial charge < -0.3 is 9.64 Å². The zero-order valence-corrected chi connectivity index (χ0v) is 14.5. The molecule has 2 aliphatic carbocycles. The van der Waals surface area contributed by atoms with Crippen molar-refractivity contribution in [2.45, 2.75) is 58.0 Å². The highest BCUT2D eigenvalue weighted by atomic mass is 16.5. The number of nitrogens with one attached hydrogen (secondary N) is 1. The van der Waals surface area contributed by atoms with Gasteiger partial charge in [0.15, 0.2) is 5.82 Å². The average Bonchev–Trinajstić information content (AvgIpc) is 3.30. The molecule has 3 aliphatic rings. The molecule has 1 N–H and O–H groups in total. The highest BCUT2D eigenvalue weighted by molar-refractivity contribution is 5.81. The third kappa shape index (κ3) is 3.21. The molecule has 4 rings (SSSR count). The first-order valence-electron chi connectivity index (χ1n) is 9.57. The zero-order valence-electron chi connectivity index (χ0n) is 14.5. The van der Waals surface area contributed by atoms with Gasteiger partial charge in [-0.25, -0.2) is 4.98 Å². The van der Waals surface area contributed by atoms with Crippen LogP contribution in [0.2, 0.25) is 0 Å². The van der Waals surface area contributed by atoms with Crippen LogP contribution in [-0.4, -0.2) is 45.7 Å². The summed E-state index contributed by atoms with van der Waals surface area (Å²) in [6.45, 7) is 3.91. The number of rotatable bonds is 4. The molecular formula is C18H28N4O2. The first kappa shape index (κ1) is 16.1. The van der Waals surface area contributed by atoms with E-state index >= 15 is 0 Å². The number of H-pyrrole nitrogens is 1. The van der Waals surface area contributed by atoms with Crippen LogP contribution in [0.15, 0.2) is 0 Å². The van der Waals surface area contributed by atoms with E-state index in [1.54, 1.807) is 0 Å². The zero-order chi connectivity index (χ0) is 16.5. The molecule has 1 aromatic heterocycles. The monoisotopic (exact) mass is 332 g/mol. The number of aryl methyl sites for hydroxylation is 1. The van der Waals surface area contributed by atoms with Crippen molar-refractivity contribution in [1.29, 1.82) is 0 Å². The maximum atomic E-state index is 12.9. The van der Waals surface area contributed by atoms with Gasteiger partial charge >= 0.3 is 0 Å². The number of carbonyl (C=O) groups is 1. The Hall–Kier alpha value is -1.43. The van der Waals surface area contributed by atoms with Gasteiger partial charge in [-0.3, -0.25) is 9.89 Å². The van der Waals surface area contributed by atoms with E-state index in [0.29, 0.717) is 37.3 Å². The second kappa shape index (κ2) is 6.82. The second-order valence-corrected chi connectivity index (χ2v) is 7.54. The summed E-state index contributed by atoms with van der Waals surface area (Å²) in [4.78, 5) is 19.3. The molecule has 0 unspecified atom stereocenters. The molecule has 1 aliphatic heterocycles. The summed E-state index contributed by atoms with van der Waals surface area (Å²) in [6, 6.07) is 0. The van der Waals surface area contributed by atoms with Gasteiger partial charge in [-0.2, -0.15) is 5.10 Å². The van der Waals surface area contributed by atoms with E-state index in [1.165, 1.54) is 32.1 Å². The highest BCUT2D eigenvalue weighted by Crippen LogP contribution is 2.50. The Morgan fingerprint density at radius 1 is 1.33 bits per heavy atom. The first-order valence-corrected chi connectivity index (χ1v) is 9.57. The van der Waals surface area contributed by atoms with Crippen molar-refractivity contribution in [3.05, 3.63) is 11.6 Å². The first-order chi connectivity index (χ1) is 11.8. The summed E-state index contributed by atoms with van der Waals surface area (Å²) >= 11 is 0. The predicted molar refractivity (Wildman–Crippen MR) is 89.2 cm³/mol. The van der Waals surface area contributed by atoms with Crippen LogP contribution in [0.5, 0.6) is 0 Å². The van der Waals surface area contributed by atoms with Crippen LogP contribution in [0, 0.1) is 17.8 Å². The fraction of sp³-hybridized carbons (Fsp3) is 0.833. The third-order valence-corrected chi connectivity index (χ3v) is 5.96. The maximum Gasteiger partial charge on any atom is 0.226 e. The van der Waals surface area contributed by atoms with Gasteiger partial charge in [0.2, 0.25) is 5.91 Å². The molecule has 6 heteroatoms. The molecule has 132 valence electrons. The molecule has 0 radical (unpaired) electrons. The topological polar surface area (TPSA) is 71.1 Å². The summed E-state index contributed by atoms with van der Waals surface area (Å²) < 4.78 is 5.81. The van der Waals surface area contributed by atoms with Gasteiger partial charge in [0.05, 0.1) is 13.2 Å². The molecule has 0 aromatic carbocycles. The summed E-state index contributed by atoms with van der Waals surface area (Å²) in [6.07, 6.45) is 8.49. The molecule has 0 spiro atoms. The Morgan fingerprint density at radius 2 is 2.17 bits per heavy atom. The lowest BCUT2D eigenvalue weighted by atomic mass is 9.85. The van der Waals surface area contributed by atoms with Crippen molar-refractivity contribution < 1.29 is 9.53 Å². The van der Waals surface area contributed by atoms with Crippen LogP contribution in [0.1, 0.15) is 63.2 Å². The molecule has 3 atom stereocenters. The molecule has 24 heavy (non-hydrogen) atoms. The summed E-state index contributed by atoms with van der Waals surface area (Å²) in [5, 5.41) is 7.19. The Balaban J connectivity index is 1.35. The van der Waals surface area contributed by atoms with E-state index in [-0.39, 0.29) is 12.0 Å². The largest absolute Gasteiger partial charge is 0.366 e. The van der Waals surface area contributed by atoms with Gasteiger partial charge in [0.1, 0.15) is 11.9 Å². The lowest BCUT2D eigenvalue weighted by Gasteiger charge is -2.32. The van der Waals surface area contributed by atoms with E-state index in [1.807, 2.05) is 11.8 Å².